The Morgan fingerprint density at radius 3 is 2.51 bits per heavy atom. The first-order chi connectivity index (χ1) is 18.3. The molecule has 0 saturated carbocycles. The highest BCUT2D eigenvalue weighted by Crippen LogP contribution is 2.38. The standard InChI is InChI=1S/C29H36O8SSi/c1-34-29(31)19-22-9-12-27-26(18-22)24(7-6-14-37-38(2,32)33)25-17-21(8-11-23(25)20-36-27)10-13-28(30)35-15-16-39(3,4)5/h7-13,17-18H,6,14-16,19-20H2,1-5H3/b13-10+,24-7+. The molecule has 39 heavy (non-hydrogen) atoms. The van der Waals surface area contributed by atoms with Gasteiger partial charge < -0.3 is 14.2 Å². The van der Waals surface area contributed by atoms with Crippen molar-refractivity contribution < 1.29 is 36.4 Å². The summed E-state index contributed by atoms with van der Waals surface area (Å²) in [6.07, 6.45) is 6.47. The zero-order valence-electron chi connectivity index (χ0n) is 23.1. The number of carbonyl (C=O) groups is 2. The van der Waals surface area contributed by atoms with E-state index in [1.165, 1.54) is 13.2 Å². The average Bonchev–Trinajstić information content (AvgIpc) is 3.00. The van der Waals surface area contributed by atoms with Crippen LogP contribution in [-0.2, 0) is 46.4 Å². The molecule has 210 valence electrons. The fourth-order valence-electron chi connectivity index (χ4n) is 3.93. The van der Waals surface area contributed by atoms with Crippen LogP contribution in [0.4, 0.5) is 0 Å². The molecule has 0 unspecified atom stereocenters. The van der Waals surface area contributed by atoms with Gasteiger partial charge in [0.05, 0.1) is 33.0 Å². The summed E-state index contributed by atoms with van der Waals surface area (Å²) in [6, 6.07) is 12.2. The van der Waals surface area contributed by atoms with Crippen molar-refractivity contribution in [2.24, 2.45) is 0 Å². The maximum absolute atomic E-state index is 12.3. The fraction of sp³-hybridized carbons (Fsp3) is 0.379. The molecule has 1 heterocycles. The van der Waals surface area contributed by atoms with Crippen LogP contribution in [-0.4, -0.2) is 55.0 Å². The van der Waals surface area contributed by atoms with Gasteiger partial charge in [-0.25, -0.2) is 4.79 Å². The number of methoxy groups -OCH3 is 1. The maximum atomic E-state index is 12.3. The Labute approximate surface area is 231 Å². The predicted molar refractivity (Wildman–Crippen MR) is 154 cm³/mol. The lowest BCUT2D eigenvalue weighted by molar-refractivity contribution is -0.140. The van der Waals surface area contributed by atoms with Gasteiger partial charge >= 0.3 is 11.9 Å². The first kappa shape index (κ1) is 30.3. The minimum absolute atomic E-state index is 0.0153. The van der Waals surface area contributed by atoms with Crippen molar-refractivity contribution in [3.63, 3.8) is 0 Å². The van der Waals surface area contributed by atoms with Crippen molar-refractivity contribution in [3.05, 3.63) is 76.4 Å². The molecule has 0 amide bonds. The second-order valence-electron chi connectivity index (χ2n) is 10.5. The topological polar surface area (TPSA) is 105 Å². The van der Waals surface area contributed by atoms with Crippen molar-refractivity contribution in [1.82, 2.24) is 0 Å². The molecule has 0 aliphatic carbocycles. The van der Waals surface area contributed by atoms with E-state index in [4.69, 9.17) is 18.4 Å². The molecule has 0 spiro atoms. The van der Waals surface area contributed by atoms with E-state index in [1.807, 2.05) is 42.5 Å². The van der Waals surface area contributed by atoms with Crippen LogP contribution in [0.3, 0.4) is 0 Å². The summed E-state index contributed by atoms with van der Waals surface area (Å²) in [5, 5.41) is 0. The third kappa shape index (κ3) is 9.80. The summed E-state index contributed by atoms with van der Waals surface area (Å²) < 4.78 is 44.1. The van der Waals surface area contributed by atoms with E-state index in [1.54, 1.807) is 6.08 Å². The second-order valence-corrected chi connectivity index (χ2v) is 17.8. The zero-order chi connectivity index (χ0) is 28.6. The van der Waals surface area contributed by atoms with Crippen LogP contribution in [0.25, 0.3) is 11.6 Å². The van der Waals surface area contributed by atoms with E-state index < -0.39 is 24.2 Å². The average molecular weight is 573 g/mol. The number of hydrogen-bond acceptors (Lipinski definition) is 8. The highest BCUT2D eigenvalue weighted by atomic mass is 32.2. The smallest absolute Gasteiger partial charge is 0.330 e. The first-order valence-electron chi connectivity index (χ1n) is 12.7. The van der Waals surface area contributed by atoms with Crippen LogP contribution in [0.5, 0.6) is 5.75 Å². The Morgan fingerprint density at radius 1 is 1.05 bits per heavy atom. The second kappa shape index (κ2) is 13.2. The van der Waals surface area contributed by atoms with Crippen molar-refractivity contribution in [2.45, 2.75) is 45.1 Å². The van der Waals surface area contributed by atoms with Gasteiger partial charge in [0.15, 0.2) is 0 Å². The van der Waals surface area contributed by atoms with Gasteiger partial charge in [0.1, 0.15) is 12.4 Å². The van der Waals surface area contributed by atoms with Gasteiger partial charge in [0, 0.05) is 19.7 Å². The Balaban J connectivity index is 1.94. The molecule has 2 aromatic carbocycles. The summed E-state index contributed by atoms with van der Waals surface area (Å²) >= 11 is 0. The maximum Gasteiger partial charge on any atom is 0.330 e. The van der Waals surface area contributed by atoms with E-state index >= 15 is 0 Å². The predicted octanol–water partition coefficient (Wildman–Crippen LogP) is 4.99. The fourth-order valence-corrected chi connectivity index (χ4v) is 5.04. The number of rotatable bonds is 11. The van der Waals surface area contributed by atoms with Crippen molar-refractivity contribution >= 4 is 41.8 Å². The number of ether oxygens (including phenoxy) is 3. The largest absolute Gasteiger partial charge is 0.488 e. The van der Waals surface area contributed by atoms with Gasteiger partial charge in [-0.05, 0) is 64.6 Å². The van der Waals surface area contributed by atoms with E-state index in [-0.39, 0.29) is 19.0 Å². The molecule has 0 radical (unpaired) electrons. The summed E-state index contributed by atoms with van der Waals surface area (Å²) in [5.41, 5.74) is 4.92. The lowest BCUT2D eigenvalue weighted by Crippen LogP contribution is -2.22. The van der Waals surface area contributed by atoms with Gasteiger partial charge in [-0.15, -0.1) is 0 Å². The summed E-state index contributed by atoms with van der Waals surface area (Å²) in [7, 11) is -3.53. The Bertz CT molecular complexity index is 1370. The molecule has 0 saturated heterocycles. The van der Waals surface area contributed by atoms with Crippen molar-refractivity contribution in [3.8, 4) is 5.75 Å². The highest BCUT2D eigenvalue weighted by molar-refractivity contribution is 7.85. The molecule has 10 heteroatoms. The quantitative estimate of drug-likeness (QED) is 0.122. The minimum Gasteiger partial charge on any atom is -0.488 e. The molecule has 8 nitrogen and oxygen atoms in total. The van der Waals surface area contributed by atoms with Gasteiger partial charge in [-0.2, -0.15) is 8.42 Å². The van der Waals surface area contributed by atoms with E-state index in [0.29, 0.717) is 25.4 Å². The number of carbonyl (C=O) groups excluding carboxylic acids is 2. The zero-order valence-corrected chi connectivity index (χ0v) is 24.9. The molecule has 3 rings (SSSR count). The van der Waals surface area contributed by atoms with Crippen LogP contribution >= 0.6 is 0 Å². The molecule has 1 aliphatic rings. The Kier molecular flexibility index (Phi) is 10.3. The van der Waals surface area contributed by atoms with Crippen LogP contribution < -0.4 is 4.74 Å². The monoisotopic (exact) mass is 572 g/mol. The lowest BCUT2D eigenvalue weighted by Gasteiger charge is -2.14. The number of fused-ring (bicyclic) bond motifs is 2. The molecule has 0 atom stereocenters. The molecular weight excluding hydrogens is 536 g/mol. The summed E-state index contributed by atoms with van der Waals surface area (Å²) in [6.45, 7) is 7.39. The van der Waals surface area contributed by atoms with Crippen molar-refractivity contribution in [1.29, 1.82) is 0 Å². The van der Waals surface area contributed by atoms with Crippen molar-refractivity contribution in [2.75, 3.05) is 26.6 Å². The van der Waals surface area contributed by atoms with Crippen LogP contribution in [0.1, 0.15) is 34.2 Å². The number of hydrogen-bond donors (Lipinski definition) is 0. The Morgan fingerprint density at radius 2 is 1.82 bits per heavy atom. The van der Waals surface area contributed by atoms with Crippen LogP contribution in [0, 0.1) is 0 Å². The number of esters is 2. The third-order valence-corrected chi connectivity index (χ3v) is 8.29. The first-order valence-corrected chi connectivity index (χ1v) is 18.2. The SMILES string of the molecule is COC(=O)Cc1ccc2c(c1)/C(=C/CCOS(C)(=O)=O)c1cc(/C=C/C(=O)OCC[Si](C)(C)C)ccc1CO2. The molecule has 0 bridgehead atoms. The molecule has 0 N–H and O–H groups in total. The normalized spacial score (nSPS) is 14.3. The minimum atomic E-state index is -3.57. The van der Waals surface area contributed by atoms with Gasteiger partial charge in [-0.3, -0.25) is 8.98 Å². The van der Waals surface area contributed by atoms with Gasteiger partial charge in [0.25, 0.3) is 10.1 Å². The van der Waals surface area contributed by atoms with E-state index in [0.717, 1.165) is 45.7 Å². The van der Waals surface area contributed by atoms with Crippen LogP contribution in [0.2, 0.25) is 25.7 Å². The summed E-state index contributed by atoms with van der Waals surface area (Å²) in [4.78, 5) is 24.2. The van der Waals surface area contributed by atoms with E-state index in [9.17, 15) is 18.0 Å². The molecular formula is C29H36O8SSi. The van der Waals surface area contributed by atoms with Gasteiger partial charge in [-0.1, -0.05) is 43.9 Å². The Hall–Kier alpha value is -3.21. The van der Waals surface area contributed by atoms with E-state index in [2.05, 4.69) is 19.6 Å². The molecule has 2 aromatic rings. The highest BCUT2D eigenvalue weighted by Gasteiger charge is 2.21. The van der Waals surface area contributed by atoms with Gasteiger partial charge in [0.2, 0.25) is 0 Å². The molecule has 0 fully saturated rings. The third-order valence-electron chi connectivity index (χ3n) is 5.99. The number of benzene rings is 2. The molecule has 1 aliphatic heterocycles. The van der Waals surface area contributed by atoms with Crippen LogP contribution in [0.15, 0.2) is 48.6 Å². The molecule has 0 aromatic heterocycles. The summed E-state index contributed by atoms with van der Waals surface area (Å²) in [5.74, 6) is -0.114. The lowest BCUT2D eigenvalue weighted by atomic mass is 9.91.